The molecule has 1 aromatic carbocycles. The lowest BCUT2D eigenvalue weighted by molar-refractivity contribution is -0.117. The number of hydrogen-bond donors (Lipinski definition) is 4. The van der Waals surface area contributed by atoms with Gasteiger partial charge in [-0.05, 0) is 18.2 Å². The van der Waals surface area contributed by atoms with Crippen molar-refractivity contribution in [3.8, 4) is 5.75 Å². The highest BCUT2D eigenvalue weighted by atomic mass is 16.3. The predicted octanol–water partition coefficient (Wildman–Crippen LogP) is -0.420. The zero-order valence-corrected chi connectivity index (χ0v) is 8.56. The Bertz CT molecular complexity index is 418. The number of phenolic OH excluding ortho intramolecular Hbond substituents is 1. The lowest BCUT2D eigenvalue weighted by atomic mass is 10.2. The third-order valence-corrected chi connectivity index (χ3v) is 1.95. The molecule has 0 aliphatic carbocycles. The molecule has 1 aromatic rings. The topological polar surface area (TPSA) is 118 Å². The van der Waals surface area contributed by atoms with E-state index in [0.29, 0.717) is 0 Å². The van der Waals surface area contributed by atoms with E-state index in [9.17, 15) is 14.7 Å². The Morgan fingerprint density at radius 1 is 1.38 bits per heavy atom. The van der Waals surface area contributed by atoms with Crippen molar-refractivity contribution in [1.29, 1.82) is 0 Å². The summed E-state index contributed by atoms with van der Waals surface area (Å²) in [6, 6.07) is 4.17. The molecular weight excluding hydrogens is 210 g/mol. The van der Waals surface area contributed by atoms with Crippen LogP contribution in [0.3, 0.4) is 0 Å². The summed E-state index contributed by atoms with van der Waals surface area (Å²) in [6.45, 7) is 0.166. The minimum absolute atomic E-state index is 0.0761. The van der Waals surface area contributed by atoms with Gasteiger partial charge in [-0.25, -0.2) is 0 Å². The molecule has 0 bridgehead atoms. The van der Waals surface area contributed by atoms with Gasteiger partial charge in [-0.2, -0.15) is 0 Å². The molecule has 6 N–H and O–H groups in total. The highest BCUT2D eigenvalue weighted by Crippen LogP contribution is 2.20. The van der Waals surface area contributed by atoms with Gasteiger partial charge < -0.3 is 21.9 Å². The average molecular weight is 223 g/mol. The third-order valence-electron chi connectivity index (χ3n) is 1.95. The van der Waals surface area contributed by atoms with Crippen LogP contribution in [0.5, 0.6) is 5.75 Å². The SMILES string of the molecule is NC(=O)CCNC(=O)c1ccc(N)c(O)c1. The van der Waals surface area contributed by atoms with Crippen molar-refractivity contribution in [1.82, 2.24) is 5.32 Å². The van der Waals surface area contributed by atoms with Gasteiger partial charge in [0.05, 0.1) is 5.69 Å². The van der Waals surface area contributed by atoms with Crippen molar-refractivity contribution in [3.63, 3.8) is 0 Å². The van der Waals surface area contributed by atoms with Crippen LogP contribution in [0.25, 0.3) is 0 Å². The fourth-order valence-corrected chi connectivity index (χ4v) is 1.09. The second kappa shape index (κ2) is 5.01. The van der Waals surface area contributed by atoms with Crippen LogP contribution in [-0.2, 0) is 4.79 Å². The first-order chi connectivity index (χ1) is 7.50. The number of nitrogens with two attached hydrogens (primary N) is 2. The molecule has 6 heteroatoms. The standard InChI is InChI=1S/C10H13N3O3/c11-7-2-1-6(5-8(7)14)10(16)13-4-3-9(12)15/h1-2,5,14H,3-4,11H2,(H2,12,15)(H,13,16). The number of amides is 2. The summed E-state index contributed by atoms with van der Waals surface area (Å²) in [4.78, 5) is 21.9. The van der Waals surface area contributed by atoms with E-state index in [-0.39, 0.29) is 30.0 Å². The molecule has 1 rings (SSSR count). The van der Waals surface area contributed by atoms with Crippen LogP contribution in [0.1, 0.15) is 16.8 Å². The van der Waals surface area contributed by atoms with Gasteiger partial charge in [-0.3, -0.25) is 9.59 Å². The van der Waals surface area contributed by atoms with Crippen LogP contribution in [0.2, 0.25) is 0 Å². The second-order valence-corrected chi connectivity index (χ2v) is 3.25. The number of rotatable bonds is 4. The number of anilines is 1. The van der Waals surface area contributed by atoms with Crippen molar-refractivity contribution < 1.29 is 14.7 Å². The average Bonchev–Trinajstić information content (AvgIpc) is 2.21. The fourth-order valence-electron chi connectivity index (χ4n) is 1.09. The number of carbonyl (C=O) groups is 2. The first-order valence-corrected chi connectivity index (χ1v) is 4.65. The quantitative estimate of drug-likeness (QED) is 0.409. The van der Waals surface area contributed by atoms with Gasteiger partial charge in [0.2, 0.25) is 5.91 Å². The van der Waals surface area contributed by atoms with Gasteiger partial charge in [-0.1, -0.05) is 0 Å². The summed E-state index contributed by atoms with van der Waals surface area (Å²) in [7, 11) is 0. The molecule has 16 heavy (non-hydrogen) atoms. The Morgan fingerprint density at radius 3 is 2.62 bits per heavy atom. The molecule has 6 nitrogen and oxygen atoms in total. The molecule has 0 radical (unpaired) electrons. The largest absolute Gasteiger partial charge is 0.506 e. The lowest BCUT2D eigenvalue weighted by Gasteiger charge is -2.05. The Kier molecular flexibility index (Phi) is 3.71. The van der Waals surface area contributed by atoms with Crippen molar-refractivity contribution in [2.24, 2.45) is 5.73 Å². The van der Waals surface area contributed by atoms with Gasteiger partial charge in [0.25, 0.3) is 5.91 Å². The van der Waals surface area contributed by atoms with E-state index in [2.05, 4.69) is 5.32 Å². The van der Waals surface area contributed by atoms with Gasteiger partial charge >= 0.3 is 0 Å². The molecular formula is C10H13N3O3. The maximum atomic E-state index is 11.5. The van der Waals surface area contributed by atoms with Crippen LogP contribution in [-0.4, -0.2) is 23.5 Å². The van der Waals surface area contributed by atoms with Crippen molar-refractivity contribution in [2.75, 3.05) is 12.3 Å². The summed E-state index contributed by atoms with van der Waals surface area (Å²) in [5.41, 5.74) is 10.8. The van der Waals surface area contributed by atoms with E-state index in [1.54, 1.807) is 0 Å². The number of nitrogens with one attached hydrogen (secondary N) is 1. The molecule has 0 heterocycles. The third kappa shape index (κ3) is 3.16. The molecule has 0 saturated heterocycles. The minimum atomic E-state index is -0.486. The number of carbonyl (C=O) groups excluding carboxylic acids is 2. The summed E-state index contributed by atoms with van der Waals surface area (Å²) in [6.07, 6.45) is 0.0761. The van der Waals surface area contributed by atoms with Crippen molar-refractivity contribution in [2.45, 2.75) is 6.42 Å². The molecule has 0 aromatic heterocycles. The van der Waals surface area contributed by atoms with E-state index in [1.165, 1.54) is 18.2 Å². The second-order valence-electron chi connectivity index (χ2n) is 3.25. The molecule has 0 aliphatic rings. The molecule has 2 amide bonds. The van der Waals surface area contributed by atoms with Crippen LogP contribution >= 0.6 is 0 Å². The molecule has 0 spiro atoms. The van der Waals surface area contributed by atoms with E-state index in [1.807, 2.05) is 0 Å². The first kappa shape index (κ1) is 11.8. The van der Waals surface area contributed by atoms with Crippen LogP contribution in [0.4, 0.5) is 5.69 Å². The first-order valence-electron chi connectivity index (χ1n) is 4.65. The molecule has 0 fully saturated rings. The Labute approximate surface area is 92.2 Å². The maximum Gasteiger partial charge on any atom is 0.251 e. The molecule has 0 saturated carbocycles. The van der Waals surface area contributed by atoms with Gasteiger partial charge in [0, 0.05) is 18.5 Å². The Hall–Kier alpha value is -2.24. The van der Waals surface area contributed by atoms with E-state index in [4.69, 9.17) is 11.5 Å². The molecule has 86 valence electrons. The fraction of sp³-hybridized carbons (Fsp3) is 0.200. The zero-order valence-electron chi connectivity index (χ0n) is 8.56. The highest BCUT2D eigenvalue weighted by molar-refractivity contribution is 5.95. The zero-order chi connectivity index (χ0) is 12.1. The number of primary amides is 1. The summed E-state index contributed by atoms with van der Waals surface area (Å²) >= 11 is 0. The minimum Gasteiger partial charge on any atom is -0.506 e. The maximum absolute atomic E-state index is 11.5. The van der Waals surface area contributed by atoms with Crippen LogP contribution in [0, 0.1) is 0 Å². The molecule has 0 unspecified atom stereocenters. The smallest absolute Gasteiger partial charge is 0.251 e. The number of nitrogen functional groups attached to an aromatic ring is 1. The highest BCUT2D eigenvalue weighted by Gasteiger charge is 2.07. The molecule has 0 atom stereocenters. The number of benzene rings is 1. The molecule has 0 aliphatic heterocycles. The van der Waals surface area contributed by atoms with Gasteiger partial charge in [0.15, 0.2) is 0 Å². The van der Waals surface area contributed by atoms with Crippen molar-refractivity contribution in [3.05, 3.63) is 23.8 Å². The normalized spacial score (nSPS) is 9.75. The van der Waals surface area contributed by atoms with Gasteiger partial charge in [0.1, 0.15) is 5.75 Å². The van der Waals surface area contributed by atoms with E-state index >= 15 is 0 Å². The van der Waals surface area contributed by atoms with E-state index < -0.39 is 11.8 Å². The van der Waals surface area contributed by atoms with Crippen LogP contribution in [0.15, 0.2) is 18.2 Å². The predicted molar refractivity (Wildman–Crippen MR) is 58.7 cm³/mol. The number of aromatic hydroxyl groups is 1. The Balaban J connectivity index is 2.59. The number of phenols is 1. The summed E-state index contributed by atoms with van der Waals surface area (Å²) in [5.74, 6) is -1.03. The van der Waals surface area contributed by atoms with E-state index in [0.717, 1.165) is 0 Å². The van der Waals surface area contributed by atoms with Gasteiger partial charge in [-0.15, -0.1) is 0 Å². The summed E-state index contributed by atoms with van der Waals surface area (Å²) in [5, 5.41) is 11.8. The Morgan fingerprint density at radius 2 is 2.06 bits per heavy atom. The summed E-state index contributed by atoms with van der Waals surface area (Å²) < 4.78 is 0. The van der Waals surface area contributed by atoms with Crippen LogP contribution < -0.4 is 16.8 Å². The lowest BCUT2D eigenvalue weighted by Crippen LogP contribution is -2.27. The monoisotopic (exact) mass is 223 g/mol. The van der Waals surface area contributed by atoms with Crippen molar-refractivity contribution >= 4 is 17.5 Å². The number of hydrogen-bond acceptors (Lipinski definition) is 4.